The van der Waals surface area contributed by atoms with E-state index < -0.39 is 0 Å². The molecule has 2 aromatic carbocycles. The van der Waals surface area contributed by atoms with Crippen LogP contribution in [0.2, 0.25) is 5.02 Å². The Bertz CT molecular complexity index is 609. The number of aromatic hydroxyl groups is 1. The highest BCUT2D eigenvalue weighted by atomic mass is 35.5. The summed E-state index contributed by atoms with van der Waals surface area (Å²) in [6, 6.07) is 15.6. The number of para-hydroxylation sites is 1. The van der Waals surface area contributed by atoms with Gasteiger partial charge in [0.1, 0.15) is 5.75 Å². The number of rotatable bonds is 3. The van der Waals surface area contributed by atoms with Crippen LogP contribution in [-0.4, -0.2) is 36.2 Å². The van der Waals surface area contributed by atoms with Crippen molar-refractivity contribution in [3.63, 3.8) is 0 Å². The average Bonchev–Trinajstić information content (AvgIpc) is 2.50. The van der Waals surface area contributed by atoms with Crippen molar-refractivity contribution in [1.29, 1.82) is 0 Å². The van der Waals surface area contributed by atoms with Gasteiger partial charge in [-0.1, -0.05) is 35.9 Å². The molecule has 1 heterocycles. The highest BCUT2D eigenvalue weighted by Gasteiger charge is 2.18. The molecule has 1 aliphatic heterocycles. The van der Waals surface area contributed by atoms with Crippen molar-refractivity contribution >= 4 is 17.3 Å². The van der Waals surface area contributed by atoms with Crippen molar-refractivity contribution in [1.82, 2.24) is 4.90 Å². The van der Waals surface area contributed by atoms with Crippen molar-refractivity contribution in [3.05, 3.63) is 59.1 Å². The first-order valence-corrected chi connectivity index (χ1v) is 7.60. The SMILES string of the molecule is Oc1ccccc1CN1CCN(c2cccc(Cl)c2)CC1. The number of phenols is 1. The molecule has 3 rings (SSSR count). The number of hydrogen-bond acceptors (Lipinski definition) is 3. The number of nitrogens with zero attached hydrogens (tertiary/aromatic N) is 2. The Morgan fingerprint density at radius 3 is 2.43 bits per heavy atom. The molecule has 3 nitrogen and oxygen atoms in total. The van der Waals surface area contributed by atoms with Crippen LogP contribution < -0.4 is 4.90 Å². The van der Waals surface area contributed by atoms with E-state index in [4.69, 9.17) is 11.6 Å². The quantitative estimate of drug-likeness (QED) is 0.942. The van der Waals surface area contributed by atoms with Gasteiger partial charge in [-0.3, -0.25) is 4.90 Å². The molecule has 4 heteroatoms. The molecule has 0 radical (unpaired) electrons. The topological polar surface area (TPSA) is 26.7 Å². The van der Waals surface area contributed by atoms with E-state index >= 15 is 0 Å². The van der Waals surface area contributed by atoms with Crippen LogP contribution in [0.3, 0.4) is 0 Å². The standard InChI is InChI=1S/C17H19ClN2O/c18-15-5-3-6-16(12-15)20-10-8-19(9-11-20)13-14-4-1-2-7-17(14)21/h1-7,12,21H,8-11,13H2. The molecule has 110 valence electrons. The summed E-state index contributed by atoms with van der Waals surface area (Å²) in [5.41, 5.74) is 2.18. The molecule has 21 heavy (non-hydrogen) atoms. The second kappa shape index (κ2) is 6.37. The molecule has 1 fully saturated rings. The predicted octanol–water partition coefficient (Wildman–Crippen LogP) is 3.37. The van der Waals surface area contributed by atoms with E-state index in [-0.39, 0.29) is 0 Å². The monoisotopic (exact) mass is 302 g/mol. The summed E-state index contributed by atoms with van der Waals surface area (Å²) in [7, 11) is 0. The Hall–Kier alpha value is -1.71. The van der Waals surface area contributed by atoms with Crippen molar-refractivity contribution < 1.29 is 5.11 Å². The Morgan fingerprint density at radius 2 is 1.71 bits per heavy atom. The van der Waals surface area contributed by atoms with Gasteiger partial charge in [-0.25, -0.2) is 0 Å². The van der Waals surface area contributed by atoms with Crippen LogP contribution in [0.5, 0.6) is 5.75 Å². The maximum Gasteiger partial charge on any atom is 0.120 e. The second-order valence-corrected chi connectivity index (χ2v) is 5.81. The van der Waals surface area contributed by atoms with Gasteiger partial charge in [0.15, 0.2) is 0 Å². The molecule has 0 bridgehead atoms. The number of halogens is 1. The van der Waals surface area contributed by atoms with Gasteiger partial charge in [0.2, 0.25) is 0 Å². The highest BCUT2D eigenvalue weighted by molar-refractivity contribution is 6.30. The lowest BCUT2D eigenvalue weighted by atomic mass is 10.1. The van der Waals surface area contributed by atoms with Crippen LogP contribution >= 0.6 is 11.6 Å². The fourth-order valence-corrected chi connectivity index (χ4v) is 2.91. The van der Waals surface area contributed by atoms with Gasteiger partial charge in [-0.2, -0.15) is 0 Å². The minimum Gasteiger partial charge on any atom is -0.508 e. The van der Waals surface area contributed by atoms with E-state index in [1.165, 1.54) is 5.69 Å². The smallest absolute Gasteiger partial charge is 0.120 e. The molecular weight excluding hydrogens is 284 g/mol. The molecule has 0 saturated carbocycles. The lowest BCUT2D eigenvalue weighted by Gasteiger charge is -2.36. The minimum absolute atomic E-state index is 0.384. The van der Waals surface area contributed by atoms with Crippen molar-refractivity contribution in [3.8, 4) is 5.75 Å². The fraction of sp³-hybridized carbons (Fsp3) is 0.294. The maximum atomic E-state index is 9.85. The summed E-state index contributed by atoms with van der Waals surface area (Å²) in [5, 5.41) is 10.6. The molecule has 0 aliphatic carbocycles. The number of hydrogen-bond donors (Lipinski definition) is 1. The van der Waals surface area contributed by atoms with Crippen molar-refractivity contribution in [2.24, 2.45) is 0 Å². The van der Waals surface area contributed by atoms with Gasteiger partial charge in [-0.15, -0.1) is 0 Å². The summed E-state index contributed by atoms with van der Waals surface area (Å²) < 4.78 is 0. The zero-order valence-electron chi connectivity index (χ0n) is 11.9. The maximum absolute atomic E-state index is 9.85. The first kappa shape index (κ1) is 14.2. The largest absolute Gasteiger partial charge is 0.508 e. The minimum atomic E-state index is 0.384. The highest BCUT2D eigenvalue weighted by Crippen LogP contribution is 2.22. The Balaban J connectivity index is 1.59. The molecule has 2 aromatic rings. The van der Waals surface area contributed by atoms with E-state index in [0.717, 1.165) is 43.3 Å². The zero-order valence-corrected chi connectivity index (χ0v) is 12.6. The summed E-state index contributed by atoms with van der Waals surface area (Å²) in [6.07, 6.45) is 0. The van der Waals surface area contributed by atoms with Crippen LogP contribution in [0.4, 0.5) is 5.69 Å². The lowest BCUT2D eigenvalue weighted by molar-refractivity contribution is 0.247. The predicted molar refractivity (Wildman–Crippen MR) is 87.0 cm³/mol. The van der Waals surface area contributed by atoms with Gasteiger partial charge in [0, 0.05) is 49.0 Å². The van der Waals surface area contributed by atoms with Gasteiger partial charge >= 0.3 is 0 Å². The van der Waals surface area contributed by atoms with E-state index in [1.54, 1.807) is 6.07 Å². The first-order chi connectivity index (χ1) is 10.2. The molecule has 1 aliphatic rings. The normalized spacial score (nSPS) is 16.1. The molecule has 0 spiro atoms. The van der Waals surface area contributed by atoms with Crippen molar-refractivity contribution in [2.75, 3.05) is 31.1 Å². The van der Waals surface area contributed by atoms with Gasteiger partial charge in [0.25, 0.3) is 0 Å². The Morgan fingerprint density at radius 1 is 0.952 bits per heavy atom. The first-order valence-electron chi connectivity index (χ1n) is 7.22. The molecule has 0 amide bonds. The third-order valence-electron chi connectivity index (χ3n) is 3.93. The van der Waals surface area contributed by atoms with Crippen LogP contribution in [0, 0.1) is 0 Å². The average molecular weight is 303 g/mol. The van der Waals surface area contributed by atoms with Gasteiger partial charge < -0.3 is 10.0 Å². The van der Waals surface area contributed by atoms with Gasteiger partial charge in [0.05, 0.1) is 0 Å². The van der Waals surface area contributed by atoms with Crippen LogP contribution in [0.1, 0.15) is 5.56 Å². The summed E-state index contributed by atoms with van der Waals surface area (Å²) in [5.74, 6) is 0.384. The second-order valence-electron chi connectivity index (χ2n) is 5.37. The molecule has 0 atom stereocenters. The van der Waals surface area contributed by atoms with Crippen LogP contribution in [0.25, 0.3) is 0 Å². The van der Waals surface area contributed by atoms with Gasteiger partial charge in [-0.05, 0) is 24.3 Å². The third kappa shape index (κ3) is 3.49. The van der Waals surface area contributed by atoms with E-state index in [0.29, 0.717) is 5.75 Å². The van der Waals surface area contributed by atoms with Crippen LogP contribution in [0.15, 0.2) is 48.5 Å². The number of benzene rings is 2. The van der Waals surface area contributed by atoms with E-state index in [1.807, 2.05) is 36.4 Å². The molecule has 1 saturated heterocycles. The van der Waals surface area contributed by atoms with E-state index in [2.05, 4.69) is 15.9 Å². The Kier molecular flexibility index (Phi) is 4.32. The fourth-order valence-electron chi connectivity index (χ4n) is 2.72. The number of phenolic OH excluding ortho intramolecular Hbond substituents is 1. The lowest BCUT2D eigenvalue weighted by Crippen LogP contribution is -2.45. The van der Waals surface area contributed by atoms with E-state index in [9.17, 15) is 5.11 Å². The molecule has 0 unspecified atom stereocenters. The zero-order chi connectivity index (χ0) is 14.7. The van der Waals surface area contributed by atoms with Crippen LogP contribution in [-0.2, 0) is 6.54 Å². The summed E-state index contributed by atoms with van der Waals surface area (Å²) in [6.45, 7) is 4.74. The number of piperazine rings is 1. The number of anilines is 1. The summed E-state index contributed by atoms with van der Waals surface area (Å²) >= 11 is 6.05. The third-order valence-corrected chi connectivity index (χ3v) is 4.17. The molecule has 0 aromatic heterocycles. The molecule has 1 N–H and O–H groups in total. The summed E-state index contributed by atoms with van der Waals surface area (Å²) in [4.78, 5) is 4.73. The Labute approximate surface area is 130 Å². The van der Waals surface area contributed by atoms with Crippen molar-refractivity contribution in [2.45, 2.75) is 6.54 Å². The molecular formula is C17H19ClN2O.